The van der Waals surface area contributed by atoms with Crippen LogP contribution in [-0.4, -0.2) is 53.6 Å². The molecule has 1 amide bonds. The van der Waals surface area contributed by atoms with Crippen LogP contribution in [0.5, 0.6) is 0 Å². The number of amides is 1. The smallest absolute Gasteiger partial charge is 0.248 e. The third-order valence-electron chi connectivity index (χ3n) is 4.69. The van der Waals surface area contributed by atoms with Crippen LogP contribution in [0, 0.1) is 6.92 Å². The van der Waals surface area contributed by atoms with Gasteiger partial charge < -0.3 is 26.6 Å². The number of nitrogens with two attached hydrogens (primary N) is 1. The van der Waals surface area contributed by atoms with Gasteiger partial charge in [-0.05, 0) is 44.0 Å². The van der Waals surface area contributed by atoms with Gasteiger partial charge in [0.1, 0.15) is 0 Å². The van der Waals surface area contributed by atoms with Gasteiger partial charge in [-0.2, -0.15) is 15.0 Å². The molecule has 9 heteroatoms. The Bertz CT molecular complexity index is 835. The number of benzene rings is 1. The van der Waals surface area contributed by atoms with Gasteiger partial charge in [0.25, 0.3) is 0 Å². The molecular formula is C19H28N8O. The minimum Gasteiger partial charge on any atom is -0.366 e. The zero-order chi connectivity index (χ0) is 20.1. The Hall–Kier alpha value is -2.94. The third-order valence-corrected chi connectivity index (χ3v) is 4.69. The Kier molecular flexibility index (Phi) is 6.25. The van der Waals surface area contributed by atoms with Gasteiger partial charge in [-0.15, -0.1) is 0 Å². The van der Waals surface area contributed by atoms with E-state index in [4.69, 9.17) is 5.73 Å². The maximum atomic E-state index is 11.5. The van der Waals surface area contributed by atoms with Gasteiger partial charge in [0.05, 0.1) is 0 Å². The van der Waals surface area contributed by atoms with Gasteiger partial charge in [-0.3, -0.25) is 4.79 Å². The second-order valence-electron chi connectivity index (χ2n) is 7.06. The molecule has 1 aromatic carbocycles. The fourth-order valence-electron chi connectivity index (χ4n) is 3.08. The van der Waals surface area contributed by atoms with Crippen LogP contribution >= 0.6 is 0 Å². The van der Waals surface area contributed by atoms with Crippen molar-refractivity contribution >= 4 is 29.4 Å². The van der Waals surface area contributed by atoms with E-state index in [2.05, 4.69) is 37.8 Å². The molecule has 3 rings (SSSR count). The van der Waals surface area contributed by atoms with Crippen molar-refractivity contribution in [2.24, 2.45) is 5.73 Å². The van der Waals surface area contributed by atoms with Gasteiger partial charge in [0.15, 0.2) is 0 Å². The number of carbonyl (C=O) groups excluding carboxylic acids is 1. The van der Waals surface area contributed by atoms with Crippen LogP contribution in [-0.2, 0) is 0 Å². The first-order chi connectivity index (χ1) is 13.5. The summed E-state index contributed by atoms with van der Waals surface area (Å²) in [5.74, 6) is 1.08. The molecule has 1 aliphatic rings. The van der Waals surface area contributed by atoms with E-state index in [1.165, 1.54) is 0 Å². The largest absolute Gasteiger partial charge is 0.366 e. The highest BCUT2D eigenvalue weighted by Crippen LogP contribution is 2.22. The van der Waals surface area contributed by atoms with Crippen LogP contribution in [0.1, 0.15) is 35.7 Å². The number of primary amides is 1. The van der Waals surface area contributed by atoms with Gasteiger partial charge in [-0.25, -0.2) is 0 Å². The van der Waals surface area contributed by atoms with E-state index in [9.17, 15) is 4.79 Å². The zero-order valence-electron chi connectivity index (χ0n) is 16.6. The van der Waals surface area contributed by atoms with Crippen molar-refractivity contribution in [2.45, 2.75) is 32.7 Å². The summed E-state index contributed by atoms with van der Waals surface area (Å²) in [6.07, 6.45) is 2.01. The highest BCUT2D eigenvalue weighted by Gasteiger charge is 2.18. The van der Waals surface area contributed by atoms with E-state index in [-0.39, 0.29) is 0 Å². The Balaban J connectivity index is 1.91. The summed E-state index contributed by atoms with van der Waals surface area (Å²) < 4.78 is 0. The molecule has 0 bridgehead atoms. The molecule has 28 heavy (non-hydrogen) atoms. The van der Waals surface area contributed by atoms with Crippen LogP contribution in [0.2, 0.25) is 0 Å². The lowest BCUT2D eigenvalue weighted by Crippen LogP contribution is -2.26. The molecule has 1 aromatic heterocycles. The summed E-state index contributed by atoms with van der Waals surface area (Å²) in [5, 5.41) is 9.93. The highest BCUT2D eigenvalue weighted by atomic mass is 16.1. The second-order valence-corrected chi connectivity index (χ2v) is 7.06. The summed E-state index contributed by atoms with van der Waals surface area (Å²) in [4.78, 5) is 27.2. The Morgan fingerprint density at radius 2 is 2.11 bits per heavy atom. The Labute approximate surface area is 165 Å². The number of nitrogens with one attached hydrogen (secondary N) is 3. The quantitative estimate of drug-likeness (QED) is 0.542. The number of hydrogen-bond acceptors (Lipinski definition) is 8. The molecule has 0 aliphatic carbocycles. The predicted octanol–water partition coefficient (Wildman–Crippen LogP) is 1.64. The number of anilines is 4. The van der Waals surface area contributed by atoms with Crippen LogP contribution in [0.25, 0.3) is 0 Å². The number of aromatic nitrogens is 3. The summed E-state index contributed by atoms with van der Waals surface area (Å²) in [6, 6.07) is 5.55. The third kappa shape index (κ3) is 4.86. The molecule has 0 spiro atoms. The van der Waals surface area contributed by atoms with E-state index in [1.807, 2.05) is 24.9 Å². The molecule has 0 unspecified atom stereocenters. The van der Waals surface area contributed by atoms with Crippen molar-refractivity contribution in [3.05, 3.63) is 29.3 Å². The van der Waals surface area contributed by atoms with E-state index in [0.29, 0.717) is 29.5 Å². The molecule has 2 heterocycles. The maximum absolute atomic E-state index is 11.5. The number of nitrogens with zero attached hydrogens (tertiary/aromatic N) is 4. The topological polar surface area (TPSA) is 121 Å². The zero-order valence-corrected chi connectivity index (χ0v) is 16.6. The lowest BCUT2D eigenvalue weighted by atomic mass is 10.1. The molecule has 150 valence electrons. The monoisotopic (exact) mass is 384 g/mol. The molecular weight excluding hydrogens is 356 g/mol. The summed E-state index contributed by atoms with van der Waals surface area (Å²) >= 11 is 0. The van der Waals surface area contributed by atoms with Crippen molar-refractivity contribution in [3.8, 4) is 0 Å². The maximum Gasteiger partial charge on any atom is 0.248 e. The van der Waals surface area contributed by atoms with Crippen molar-refractivity contribution < 1.29 is 4.79 Å². The minimum atomic E-state index is -0.474. The Morgan fingerprint density at radius 1 is 1.32 bits per heavy atom. The molecule has 1 fully saturated rings. The molecule has 0 radical (unpaired) electrons. The van der Waals surface area contributed by atoms with Crippen molar-refractivity contribution in [2.75, 3.05) is 42.2 Å². The summed E-state index contributed by atoms with van der Waals surface area (Å²) in [5.41, 5.74) is 7.54. The second kappa shape index (κ2) is 8.83. The summed E-state index contributed by atoms with van der Waals surface area (Å²) in [7, 11) is 1.96. The molecule has 9 nitrogen and oxygen atoms in total. The molecule has 1 aliphatic heterocycles. The number of hydrogen-bond donors (Lipinski definition) is 4. The standard InChI is InChI=1S/C19H28N8O/c1-4-9-27(3)19-25-17(22-14-7-8-21-11-14)24-18(26-19)23-15-10-13(16(20)28)6-5-12(15)2/h5-6,10,14,21H,4,7-9,11H2,1-3H3,(H2,20,28)(H2,22,23,24,25,26)/t14-/m1/s1. The number of aryl methyl sites for hydroxylation is 1. The van der Waals surface area contributed by atoms with Crippen molar-refractivity contribution in [1.82, 2.24) is 20.3 Å². The minimum absolute atomic E-state index is 0.291. The van der Waals surface area contributed by atoms with Crippen LogP contribution in [0.15, 0.2) is 18.2 Å². The van der Waals surface area contributed by atoms with Crippen LogP contribution < -0.4 is 26.6 Å². The van der Waals surface area contributed by atoms with Crippen molar-refractivity contribution in [1.29, 1.82) is 0 Å². The predicted molar refractivity (Wildman–Crippen MR) is 111 cm³/mol. The average molecular weight is 384 g/mol. The number of rotatable bonds is 8. The number of carbonyl (C=O) groups is 1. The first-order valence-electron chi connectivity index (χ1n) is 9.58. The van der Waals surface area contributed by atoms with E-state index in [1.54, 1.807) is 12.1 Å². The molecule has 0 saturated carbocycles. The van der Waals surface area contributed by atoms with E-state index < -0.39 is 5.91 Å². The molecule has 1 saturated heterocycles. The van der Waals surface area contributed by atoms with Gasteiger partial charge >= 0.3 is 0 Å². The average Bonchev–Trinajstić information content (AvgIpc) is 3.16. The van der Waals surface area contributed by atoms with Gasteiger partial charge in [0, 0.05) is 37.4 Å². The molecule has 1 atom stereocenters. The first-order valence-corrected chi connectivity index (χ1v) is 9.58. The van der Waals surface area contributed by atoms with E-state index in [0.717, 1.165) is 43.7 Å². The first kappa shape index (κ1) is 19.8. The van der Waals surface area contributed by atoms with Gasteiger partial charge in [0.2, 0.25) is 23.8 Å². The van der Waals surface area contributed by atoms with Crippen LogP contribution in [0.3, 0.4) is 0 Å². The summed E-state index contributed by atoms with van der Waals surface area (Å²) in [6.45, 7) is 6.76. The highest BCUT2D eigenvalue weighted by molar-refractivity contribution is 5.94. The fraction of sp³-hybridized carbons (Fsp3) is 0.474. The Morgan fingerprint density at radius 3 is 2.79 bits per heavy atom. The lowest BCUT2D eigenvalue weighted by molar-refractivity contribution is 0.100. The SMILES string of the molecule is CCCN(C)c1nc(Nc2cc(C(N)=O)ccc2C)nc(N[C@@H]2CCNC2)n1. The molecule has 5 N–H and O–H groups in total. The molecule has 2 aromatic rings. The fourth-order valence-corrected chi connectivity index (χ4v) is 3.08. The van der Waals surface area contributed by atoms with Crippen molar-refractivity contribution in [3.63, 3.8) is 0 Å². The van der Waals surface area contributed by atoms with Crippen LogP contribution in [0.4, 0.5) is 23.5 Å². The lowest BCUT2D eigenvalue weighted by Gasteiger charge is -2.19. The van der Waals surface area contributed by atoms with E-state index >= 15 is 0 Å². The van der Waals surface area contributed by atoms with Gasteiger partial charge in [-0.1, -0.05) is 13.0 Å². The normalized spacial score (nSPS) is 16.0.